The van der Waals surface area contributed by atoms with Crippen LogP contribution in [0.1, 0.15) is 42.9 Å². The molecule has 0 aliphatic rings. The van der Waals surface area contributed by atoms with Crippen LogP contribution in [0, 0.1) is 20.8 Å². The zero-order valence-corrected chi connectivity index (χ0v) is 17.1. The Kier molecular flexibility index (Phi) is 5.90. The van der Waals surface area contributed by atoms with Crippen LogP contribution in [0.5, 0.6) is 0 Å². The highest BCUT2D eigenvalue weighted by Gasteiger charge is 2.21. The van der Waals surface area contributed by atoms with Crippen LogP contribution >= 0.6 is 23.1 Å². The number of ether oxygens (including phenoxy) is 1. The van der Waals surface area contributed by atoms with Crippen LogP contribution in [0.25, 0.3) is 0 Å². The predicted molar refractivity (Wildman–Crippen MR) is 104 cm³/mol. The number of aromatic nitrogens is 6. The minimum atomic E-state index is -0.509. The van der Waals surface area contributed by atoms with Gasteiger partial charge in [-0.2, -0.15) is 8.75 Å². The second kappa shape index (κ2) is 8.35. The molecule has 28 heavy (non-hydrogen) atoms. The van der Waals surface area contributed by atoms with Gasteiger partial charge in [-0.05, 0) is 20.8 Å². The summed E-state index contributed by atoms with van der Waals surface area (Å²) in [6.45, 7) is 9.26. The van der Waals surface area contributed by atoms with Crippen LogP contribution < -0.4 is 5.32 Å². The molecular formula is C16H17N7O3S2. The van der Waals surface area contributed by atoms with Gasteiger partial charge in [0.1, 0.15) is 11.5 Å². The summed E-state index contributed by atoms with van der Waals surface area (Å²) >= 11 is 2.16. The van der Waals surface area contributed by atoms with E-state index in [1.54, 1.807) is 18.5 Å². The number of anilines is 1. The van der Waals surface area contributed by atoms with Gasteiger partial charge in [0.25, 0.3) is 5.91 Å². The first-order valence-electron chi connectivity index (χ1n) is 8.15. The molecular weight excluding hydrogens is 402 g/mol. The Balaban J connectivity index is 1.73. The summed E-state index contributed by atoms with van der Waals surface area (Å²) in [6.07, 6.45) is 1.48. The Labute approximate surface area is 168 Å². The zero-order chi connectivity index (χ0) is 20.3. The topological polar surface area (TPSA) is 125 Å². The quantitative estimate of drug-likeness (QED) is 0.456. The molecule has 0 bridgehead atoms. The maximum Gasteiger partial charge on any atom is 0.350 e. The van der Waals surface area contributed by atoms with Crippen molar-refractivity contribution < 1.29 is 14.3 Å². The molecule has 0 saturated heterocycles. The summed E-state index contributed by atoms with van der Waals surface area (Å²) in [6, 6.07) is 0. The number of hydrogen-bond acceptors (Lipinski definition) is 10. The first kappa shape index (κ1) is 19.8. The fraction of sp³-hybridized carbons (Fsp3) is 0.312. The summed E-state index contributed by atoms with van der Waals surface area (Å²) in [5, 5.41) is 10.9. The van der Waals surface area contributed by atoms with E-state index in [4.69, 9.17) is 4.74 Å². The van der Waals surface area contributed by atoms with Crippen molar-refractivity contribution in [1.29, 1.82) is 0 Å². The van der Waals surface area contributed by atoms with E-state index in [2.05, 4.69) is 35.9 Å². The third-order valence-corrected chi connectivity index (χ3v) is 5.49. The van der Waals surface area contributed by atoms with Crippen molar-refractivity contribution in [2.45, 2.75) is 27.3 Å². The Hall–Kier alpha value is -2.99. The van der Waals surface area contributed by atoms with E-state index in [-0.39, 0.29) is 17.4 Å². The SMILES string of the molecule is C=CCOC(=O)c1sc(NC(=O)c2nnn(Cc3nsnc3C)c2C)nc1C. The van der Waals surface area contributed by atoms with Gasteiger partial charge in [0.05, 0.1) is 41.0 Å². The van der Waals surface area contributed by atoms with Crippen LogP contribution in [0.2, 0.25) is 0 Å². The van der Waals surface area contributed by atoms with Gasteiger partial charge in [0.2, 0.25) is 0 Å². The molecule has 0 atom stereocenters. The monoisotopic (exact) mass is 419 g/mol. The van der Waals surface area contributed by atoms with E-state index in [9.17, 15) is 9.59 Å². The molecule has 10 nitrogen and oxygen atoms in total. The van der Waals surface area contributed by atoms with Gasteiger partial charge in [-0.1, -0.05) is 29.2 Å². The number of thiazole rings is 1. The molecule has 0 aromatic carbocycles. The van der Waals surface area contributed by atoms with Crippen molar-refractivity contribution in [3.63, 3.8) is 0 Å². The molecule has 0 radical (unpaired) electrons. The van der Waals surface area contributed by atoms with Gasteiger partial charge in [-0.15, -0.1) is 5.10 Å². The first-order chi connectivity index (χ1) is 13.4. The van der Waals surface area contributed by atoms with E-state index in [0.717, 1.165) is 34.5 Å². The highest BCUT2D eigenvalue weighted by atomic mass is 32.1. The van der Waals surface area contributed by atoms with Gasteiger partial charge in [0, 0.05) is 0 Å². The Morgan fingerprint density at radius 3 is 2.71 bits per heavy atom. The number of carbonyl (C=O) groups is 2. The Bertz CT molecular complexity index is 1040. The predicted octanol–water partition coefficient (Wildman–Crippen LogP) is 2.15. The number of esters is 1. The average Bonchev–Trinajstić information content (AvgIpc) is 3.33. The molecule has 3 heterocycles. The van der Waals surface area contributed by atoms with Gasteiger partial charge in [-0.3, -0.25) is 10.1 Å². The smallest absolute Gasteiger partial charge is 0.350 e. The molecule has 3 rings (SSSR count). The van der Waals surface area contributed by atoms with Crippen LogP contribution in [-0.4, -0.2) is 47.2 Å². The fourth-order valence-electron chi connectivity index (χ4n) is 2.25. The lowest BCUT2D eigenvalue weighted by Gasteiger charge is -2.02. The van der Waals surface area contributed by atoms with E-state index in [1.807, 2.05) is 6.92 Å². The number of nitrogens with zero attached hydrogens (tertiary/aromatic N) is 6. The summed E-state index contributed by atoms with van der Waals surface area (Å²) in [5.74, 6) is -0.971. The maximum atomic E-state index is 12.6. The van der Waals surface area contributed by atoms with E-state index in [0.29, 0.717) is 22.8 Å². The lowest BCUT2D eigenvalue weighted by molar-refractivity contribution is 0.0554. The molecule has 0 aliphatic heterocycles. The molecule has 3 aromatic rings. The van der Waals surface area contributed by atoms with E-state index in [1.165, 1.54) is 6.08 Å². The summed E-state index contributed by atoms with van der Waals surface area (Å²) in [5.41, 5.74) is 2.83. The first-order valence-corrected chi connectivity index (χ1v) is 9.70. The molecule has 0 saturated carbocycles. The molecule has 146 valence electrons. The van der Waals surface area contributed by atoms with E-state index < -0.39 is 11.9 Å². The molecule has 1 amide bonds. The van der Waals surface area contributed by atoms with Gasteiger partial charge >= 0.3 is 5.97 Å². The van der Waals surface area contributed by atoms with E-state index >= 15 is 0 Å². The molecule has 0 fully saturated rings. The van der Waals surface area contributed by atoms with Crippen molar-refractivity contribution in [1.82, 2.24) is 28.7 Å². The van der Waals surface area contributed by atoms with Crippen molar-refractivity contribution in [3.05, 3.63) is 46.0 Å². The zero-order valence-electron chi connectivity index (χ0n) is 15.4. The van der Waals surface area contributed by atoms with Crippen LogP contribution in [0.4, 0.5) is 5.13 Å². The number of amides is 1. The number of aryl methyl sites for hydroxylation is 2. The van der Waals surface area contributed by atoms with Crippen molar-refractivity contribution in [2.24, 2.45) is 0 Å². The number of carbonyl (C=O) groups excluding carboxylic acids is 2. The standard InChI is InChI=1S/C16H17N7O3S2/c1-5-6-26-15(25)13-9(3)17-16(27-13)18-14(24)12-10(4)23(22-19-12)7-11-8(2)20-28-21-11/h5H,1,6-7H2,2-4H3,(H,17,18,24). The molecule has 0 aliphatic carbocycles. The number of rotatable bonds is 7. The second-order valence-electron chi connectivity index (χ2n) is 5.75. The number of nitrogens with one attached hydrogen (secondary N) is 1. The Morgan fingerprint density at radius 2 is 2.04 bits per heavy atom. The van der Waals surface area contributed by atoms with Gasteiger partial charge in [0.15, 0.2) is 10.8 Å². The summed E-state index contributed by atoms with van der Waals surface area (Å²) in [4.78, 5) is 29.1. The molecule has 12 heteroatoms. The number of hydrogen-bond donors (Lipinski definition) is 1. The van der Waals surface area contributed by atoms with Crippen molar-refractivity contribution in [3.8, 4) is 0 Å². The van der Waals surface area contributed by atoms with Crippen molar-refractivity contribution in [2.75, 3.05) is 11.9 Å². The summed E-state index contributed by atoms with van der Waals surface area (Å²) in [7, 11) is 0. The average molecular weight is 419 g/mol. The highest BCUT2D eigenvalue weighted by Crippen LogP contribution is 2.24. The molecule has 3 aromatic heterocycles. The molecule has 0 unspecified atom stereocenters. The van der Waals surface area contributed by atoms with Crippen molar-refractivity contribution >= 4 is 40.1 Å². The van der Waals surface area contributed by atoms with Crippen LogP contribution in [-0.2, 0) is 11.3 Å². The lowest BCUT2D eigenvalue weighted by atomic mass is 10.3. The van der Waals surface area contributed by atoms with Crippen LogP contribution in [0.15, 0.2) is 12.7 Å². The summed E-state index contributed by atoms with van der Waals surface area (Å²) < 4.78 is 14.9. The minimum Gasteiger partial charge on any atom is -0.457 e. The third kappa shape index (κ3) is 4.12. The maximum absolute atomic E-state index is 12.6. The third-order valence-electron chi connectivity index (χ3n) is 3.78. The Morgan fingerprint density at radius 1 is 1.25 bits per heavy atom. The van der Waals surface area contributed by atoms with Crippen LogP contribution in [0.3, 0.4) is 0 Å². The second-order valence-corrected chi connectivity index (χ2v) is 7.28. The molecule has 1 N–H and O–H groups in total. The lowest BCUT2D eigenvalue weighted by Crippen LogP contribution is -2.14. The highest BCUT2D eigenvalue weighted by molar-refractivity contribution is 7.17. The normalized spacial score (nSPS) is 10.7. The van der Waals surface area contributed by atoms with Gasteiger partial charge in [-0.25, -0.2) is 14.5 Å². The fourth-order valence-corrected chi connectivity index (χ4v) is 3.66. The molecule has 0 spiro atoms. The largest absolute Gasteiger partial charge is 0.457 e. The minimum absolute atomic E-state index is 0.105. The van der Waals surface area contributed by atoms with Gasteiger partial charge < -0.3 is 4.74 Å².